The predicted octanol–water partition coefficient (Wildman–Crippen LogP) is 5.69. The van der Waals surface area contributed by atoms with E-state index in [1.165, 1.54) is 4.90 Å². The average Bonchev–Trinajstić information content (AvgIpc) is 4.04. The lowest BCUT2D eigenvalue weighted by Gasteiger charge is -2.35. The van der Waals surface area contributed by atoms with Gasteiger partial charge in [0.1, 0.15) is 18.1 Å². The fourth-order valence-electron chi connectivity index (χ4n) is 9.02. The van der Waals surface area contributed by atoms with Gasteiger partial charge in [-0.3, -0.25) is 43.8 Å². The van der Waals surface area contributed by atoms with Crippen molar-refractivity contribution in [1.29, 1.82) is 0 Å². The molecule has 0 saturated carbocycles. The van der Waals surface area contributed by atoms with Crippen molar-refractivity contribution in [2.75, 3.05) is 58.0 Å². The Balaban J connectivity index is 0.739. The molecule has 7 amide bonds. The number of amides is 7. The maximum atomic E-state index is 14.0. The van der Waals surface area contributed by atoms with Crippen LogP contribution in [-0.2, 0) is 44.7 Å². The van der Waals surface area contributed by atoms with Crippen molar-refractivity contribution in [3.05, 3.63) is 70.4 Å². The summed E-state index contributed by atoms with van der Waals surface area (Å²) in [4.78, 5) is 98.5. The van der Waals surface area contributed by atoms with E-state index in [0.717, 1.165) is 78.0 Å². The van der Waals surface area contributed by atoms with Crippen molar-refractivity contribution < 1.29 is 52.9 Å². The second-order valence-corrected chi connectivity index (χ2v) is 20.7. The number of anilines is 1. The molecule has 5 N–H and O–H groups in total. The van der Waals surface area contributed by atoms with Gasteiger partial charge >= 0.3 is 0 Å². The molecule has 4 atom stereocenters. The highest BCUT2D eigenvalue weighted by Crippen LogP contribution is 2.33. The number of hydrogen-bond acceptors (Lipinski definition) is 14. The number of carbonyl (C=O) groups excluding carboxylic acids is 7. The molecule has 0 spiro atoms. The number of aliphatic hydroxyl groups is 1. The lowest BCUT2D eigenvalue weighted by Crippen LogP contribution is -2.57. The molecule has 3 aromatic rings. The molecule has 0 aliphatic carbocycles. The smallest absolute Gasteiger partial charge is 0.264 e. The van der Waals surface area contributed by atoms with Gasteiger partial charge in [0.2, 0.25) is 29.5 Å². The van der Waals surface area contributed by atoms with Crippen molar-refractivity contribution in [2.24, 2.45) is 5.41 Å². The Morgan fingerprint density at radius 2 is 1.49 bits per heavy atom. The van der Waals surface area contributed by atoms with Crippen LogP contribution in [0, 0.1) is 12.3 Å². The fraction of sp³-hybridized carbons (Fsp3) is 0.585. The number of unbranched alkanes of at least 4 members (excludes halogenated alkanes) is 5. The van der Waals surface area contributed by atoms with Gasteiger partial charge in [-0.2, -0.15) is 0 Å². The first kappa shape index (κ1) is 55.7. The average molecular weight is 1020 g/mol. The Morgan fingerprint density at radius 3 is 2.10 bits per heavy atom. The van der Waals surface area contributed by atoms with E-state index in [0.29, 0.717) is 58.3 Å². The Bertz CT molecular complexity index is 2330. The maximum absolute atomic E-state index is 14.0. The summed E-state index contributed by atoms with van der Waals surface area (Å²) < 4.78 is 17.4. The molecule has 72 heavy (non-hydrogen) atoms. The van der Waals surface area contributed by atoms with Crippen LogP contribution < -0.4 is 21.3 Å². The number of rotatable bonds is 29. The van der Waals surface area contributed by atoms with Crippen molar-refractivity contribution in [1.82, 2.24) is 30.7 Å². The van der Waals surface area contributed by atoms with Crippen LogP contribution in [0.1, 0.15) is 136 Å². The van der Waals surface area contributed by atoms with Gasteiger partial charge in [0.05, 0.1) is 33.3 Å². The Labute approximate surface area is 426 Å². The highest BCUT2D eigenvalue weighted by Gasteiger charge is 2.46. The number of aryl methyl sites for hydroxylation is 1. The standard InChI is InChI=1S/C53H73N7O11S/c1-35-46(72-34-56-35)37-20-18-36(19-21-37)32-55-48(64)42-31-38(61)33-59(42)52(68)47(53(2,3)4)57-43(62)17-6-5-8-25-69-27-10-12-29-71-30-13-11-28-70-26-9-7-24-54-40-16-14-15-39-45(40)51(67)60(50(39)66)41-22-23-44(63)58-49(41)65/h14-16,18-21,34,38,41-42,47,54,61H,5-13,17,22-33H2,1-4H3,(H,55,64)(H,57,62)(H,58,63,65)/t38-,41?,42+,47-/m1/s1. The number of likely N-dealkylation sites (tertiary alicyclic amines) is 1. The summed E-state index contributed by atoms with van der Waals surface area (Å²) in [6, 6.07) is 10.2. The van der Waals surface area contributed by atoms with E-state index in [9.17, 15) is 38.7 Å². The van der Waals surface area contributed by atoms with E-state index in [1.807, 2.05) is 57.5 Å². The number of aromatic nitrogens is 1. The molecule has 392 valence electrons. The number of imide groups is 2. The highest BCUT2D eigenvalue weighted by atomic mass is 32.1. The molecule has 3 aliphatic rings. The summed E-state index contributed by atoms with van der Waals surface area (Å²) in [5, 5.41) is 21.9. The van der Waals surface area contributed by atoms with Gasteiger partial charge in [0.25, 0.3) is 11.8 Å². The SMILES string of the molecule is Cc1ncsc1-c1ccc(CNC(=O)[C@@H]2C[C@@H](O)CN2C(=O)[C@@H](NC(=O)CCCCCOCCCCOCCCCOCCCCNc2cccc3c2C(=O)N(C2CCC(=O)NC2=O)C3=O)C(C)(C)C)cc1. The zero-order chi connectivity index (χ0) is 51.6. The number of ether oxygens (including phenoxy) is 3. The molecular weight excluding hydrogens is 943 g/mol. The van der Waals surface area contributed by atoms with Crippen LogP contribution in [0.5, 0.6) is 0 Å². The number of aliphatic hydroxyl groups excluding tert-OH is 1. The molecule has 6 rings (SSSR count). The normalized spacial score (nSPS) is 18.3. The Kier molecular flexibility index (Phi) is 21.2. The molecular formula is C53H73N7O11S. The molecule has 4 heterocycles. The monoisotopic (exact) mass is 1020 g/mol. The molecule has 2 saturated heterocycles. The quantitative estimate of drug-likeness (QED) is 0.0416. The summed E-state index contributed by atoms with van der Waals surface area (Å²) >= 11 is 1.58. The Hall–Kier alpha value is -5.60. The minimum atomic E-state index is -0.999. The first-order valence-electron chi connectivity index (χ1n) is 25.5. The number of carbonyl (C=O) groups is 7. The summed E-state index contributed by atoms with van der Waals surface area (Å²) in [5.74, 6) is -3.04. The topological polar surface area (TPSA) is 235 Å². The van der Waals surface area contributed by atoms with Gasteiger partial charge in [-0.05, 0) is 93.4 Å². The van der Waals surface area contributed by atoms with Crippen LogP contribution in [-0.4, -0.2) is 138 Å². The van der Waals surface area contributed by atoms with Crippen LogP contribution >= 0.6 is 11.3 Å². The molecule has 19 heteroatoms. The third-order valence-corrected chi connectivity index (χ3v) is 14.0. The van der Waals surface area contributed by atoms with Gasteiger partial charge < -0.3 is 40.2 Å². The molecule has 18 nitrogen and oxygen atoms in total. The van der Waals surface area contributed by atoms with Gasteiger partial charge in [-0.25, -0.2) is 4.98 Å². The van der Waals surface area contributed by atoms with Crippen molar-refractivity contribution in [2.45, 2.75) is 142 Å². The third kappa shape index (κ3) is 15.7. The largest absolute Gasteiger partial charge is 0.391 e. The number of benzene rings is 2. The maximum Gasteiger partial charge on any atom is 0.264 e. The number of nitrogens with one attached hydrogen (secondary N) is 4. The lowest BCUT2D eigenvalue weighted by atomic mass is 9.85. The molecule has 2 fully saturated rings. The summed E-state index contributed by atoms with van der Waals surface area (Å²) in [5.41, 5.74) is 5.17. The van der Waals surface area contributed by atoms with Crippen molar-refractivity contribution in [3.8, 4) is 10.4 Å². The first-order valence-corrected chi connectivity index (χ1v) is 26.4. The number of piperidine rings is 1. The van der Waals surface area contributed by atoms with Gasteiger partial charge in [0.15, 0.2) is 0 Å². The lowest BCUT2D eigenvalue weighted by molar-refractivity contribution is -0.144. The molecule has 3 aliphatic heterocycles. The summed E-state index contributed by atoms with van der Waals surface area (Å²) in [6.07, 6.45) is 7.21. The number of fused-ring (bicyclic) bond motifs is 1. The van der Waals surface area contributed by atoms with Crippen LogP contribution in [0.25, 0.3) is 10.4 Å². The first-order chi connectivity index (χ1) is 34.6. The molecule has 1 aromatic heterocycles. The van der Waals surface area contributed by atoms with Crippen LogP contribution in [0.3, 0.4) is 0 Å². The minimum Gasteiger partial charge on any atom is -0.391 e. The van der Waals surface area contributed by atoms with E-state index in [4.69, 9.17) is 14.2 Å². The zero-order valence-electron chi connectivity index (χ0n) is 42.3. The van der Waals surface area contributed by atoms with E-state index >= 15 is 0 Å². The van der Waals surface area contributed by atoms with E-state index in [1.54, 1.807) is 29.5 Å². The summed E-state index contributed by atoms with van der Waals surface area (Å²) in [7, 11) is 0. The van der Waals surface area contributed by atoms with Gasteiger partial charge in [0, 0.05) is 84.2 Å². The predicted molar refractivity (Wildman–Crippen MR) is 272 cm³/mol. The van der Waals surface area contributed by atoms with Crippen LogP contribution in [0.2, 0.25) is 0 Å². The number of thiazole rings is 1. The van der Waals surface area contributed by atoms with E-state index in [-0.39, 0.29) is 67.6 Å². The van der Waals surface area contributed by atoms with Crippen molar-refractivity contribution in [3.63, 3.8) is 0 Å². The second-order valence-electron chi connectivity index (χ2n) is 19.8. The van der Waals surface area contributed by atoms with E-state index in [2.05, 4.69) is 26.3 Å². The number of hydrogen-bond donors (Lipinski definition) is 5. The fourth-order valence-corrected chi connectivity index (χ4v) is 9.83. The minimum absolute atomic E-state index is 0.0211. The van der Waals surface area contributed by atoms with Crippen molar-refractivity contribution >= 4 is 58.4 Å². The third-order valence-electron chi connectivity index (χ3n) is 13.1. The number of nitrogens with zero attached hydrogens (tertiary/aromatic N) is 3. The summed E-state index contributed by atoms with van der Waals surface area (Å²) in [6.45, 7) is 12.3. The number of β-amino-alcohol motifs (C(OH)–C–C–N with tert-alkyl or cyclic N) is 1. The zero-order valence-corrected chi connectivity index (χ0v) is 43.1. The highest BCUT2D eigenvalue weighted by molar-refractivity contribution is 7.13. The van der Waals surface area contributed by atoms with E-state index < -0.39 is 53.3 Å². The van der Waals surface area contributed by atoms with Gasteiger partial charge in [-0.1, -0.05) is 57.5 Å². The second kappa shape index (κ2) is 27.5. The molecule has 0 radical (unpaired) electrons. The Morgan fingerprint density at radius 1 is 0.847 bits per heavy atom. The molecule has 2 aromatic carbocycles. The molecule has 0 bridgehead atoms. The molecule has 1 unspecified atom stereocenters. The van der Waals surface area contributed by atoms with Gasteiger partial charge in [-0.15, -0.1) is 11.3 Å². The van der Waals surface area contributed by atoms with Crippen LogP contribution in [0.4, 0.5) is 5.69 Å². The van der Waals surface area contributed by atoms with Crippen LogP contribution in [0.15, 0.2) is 48.0 Å².